The Kier molecular flexibility index (Phi) is 15.2. The topological polar surface area (TPSA) is 3.24 Å². The van der Waals surface area contributed by atoms with E-state index < -0.39 is 0 Å². The molecule has 0 spiro atoms. The van der Waals surface area contributed by atoms with E-state index in [-0.39, 0.29) is 7.43 Å². The monoisotopic (exact) mass is 201 g/mol. The molecule has 0 radical (unpaired) electrons. The number of hydrogen-bond donors (Lipinski definition) is 0. The van der Waals surface area contributed by atoms with Gasteiger partial charge in [-0.25, -0.2) is 0 Å². The van der Waals surface area contributed by atoms with Crippen LogP contribution in [-0.2, 0) is 0 Å². The smallest absolute Gasteiger partial charge is 0.00188 e. The standard InChI is InChI=1S/C12H27N.CH4/c1-4-7-10-13(11-8-5-2)12-9-6-3;/h4-12H2,1-3H3;1H4. The molecule has 0 unspecified atom stereocenters. The number of rotatable bonds is 9. The average Bonchev–Trinajstić information content (AvgIpc) is 2.17. The first kappa shape index (κ1) is 16.4. The fourth-order valence-electron chi connectivity index (χ4n) is 1.48. The summed E-state index contributed by atoms with van der Waals surface area (Å²) in [6.07, 6.45) is 8.09. The molecule has 0 bridgehead atoms. The van der Waals surface area contributed by atoms with Crippen molar-refractivity contribution in [2.75, 3.05) is 19.6 Å². The second-order valence-electron chi connectivity index (χ2n) is 3.90. The Morgan fingerprint density at radius 1 is 0.643 bits per heavy atom. The van der Waals surface area contributed by atoms with Gasteiger partial charge >= 0.3 is 0 Å². The number of nitrogens with zero attached hydrogens (tertiary/aromatic N) is 1. The normalized spacial score (nSPS) is 10.3. The molecule has 0 N–H and O–H groups in total. The second kappa shape index (κ2) is 13.0. The molecule has 88 valence electrons. The summed E-state index contributed by atoms with van der Waals surface area (Å²) in [5, 5.41) is 0. The van der Waals surface area contributed by atoms with Crippen LogP contribution >= 0.6 is 0 Å². The Labute approximate surface area is 91.9 Å². The molecule has 0 aromatic heterocycles. The van der Waals surface area contributed by atoms with Gasteiger partial charge in [-0.1, -0.05) is 47.5 Å². The van der Waals surface area contributed by atoms with Crippen molar-refractivity contribution in [2.24, 2.45) is 0 Å². The highest BCUT2D eigenvalue weighted by atomic mass is 15.1. The van der Waals surface area contributed by atoms with E-state index in [0.717, 1.165) is 0 Å². The van der Waals surface area contributed by atoms with E-state index in [9.17, 15) is 0 Å². The van der Waals surface area contributed by atoms with Crippen molar-refractivity contribution in [1.82, 2.24) is 4.90 Å². The molecule has 1 heteroatoms. The van der Waals surface area contributed by atoms with Crippen LogP contribution in [0.15, 0.2) is 0 Å². The van der Waals surface area contributed by atoms with Gasteiger partial charge in [0.25, 0.3) is 0 Å². The zero-order valence-corrected chi connectivity index (χ0v) is 9.81. The van der Waals surface area contributed by atoms with E-state index in [1.54, 1.807) is 0 Å². The van der Waals surface area contributed by atoms with Gasteiger partial charge in [-0.2, -0.15) is 0 Å². The fraction of sp³-hybridized carbons (Fsp3) is 1.00. The van der Waals surface area contributed by atoms with Crippen LogP contribution in [0, 0.1) is 0 Å². The summed E-state index contributed by atoms with van der Waals surface area (Å²) in [6.45, 7) is 10.8. The van der Waals surface area contributed by atoms with Crippen LogP contribution in [0.25, 0.3) is 0 Å². The van der Waals surface area contributed by atoms with E-state index >= 15 is 0 Å². The summed E-state index contributed by atoms with van der Waals surface area (Å²) in [4.78, 5) is 2.64. The Balaban J connectivity index is 0. The van der Waals surface area contributed by atoms with Crippen molar-refractivity contribution in [3.8, 4) is 0 Å². The SMILES string of the molecule is C.CCCCN(CCCC)CCCC. The minimum atomic E-state index is 0. The average molecular weight is 201 g/mol. The van der Waals surface area contributed by atoms with Crippen molar-refractivity contribution in [3.63, 3.8) is 0 Å². The Morgan fingerprint density at radius 2 is 0.929 bits per heavy atom. The van der Waals surface area contributed by atoms with Crippen LogP contribution in [0.4, 0.5) is 0 Å². The molecule has 1 nitrogen and oxygen atoms in total. The molecule has 0 rings (SSSR count). The molecule has 0 aromatic carbocycles. The predicted octanol–water partition coefficient (Wildman–Crippen LogP) is 4.32. The molecule has 0 aliphatic rings. The zero-order valence-electron chi connectivity index (χ0n) is 9.81. The molecule has 0 aliphatic heterocycles. The first-order chi connectivity index (χ1) is 6.35. The van der Waals surface area contributed by atoms with Crippen molar-refractivity contribution < 1.29 is 0 Å². The fourth-order valence-corrected chi connectivity index (χ4v) is 1.48. The molecule has 0 heterocycles. The van der Waals surface area contributed by atoms with Gasteiger partial charge in [0.1, 0.15) is 0 Å². The second-order valence-corrected chi connectivity index (χ2v) is 3.90. The van der Waals surface area contributed by atoms with Gasteiger partial charge < -0.3 is 4.90 Å². The molecule has 0 aromatic rings. The summed E-state index contributed by atoms with van der Waals surface area (Å²) in [7, 11) is 0. The van der Waals surface area contributed by atoms with Gasteiger partial charge in [0.05, 0.1) is 0 Å². The van der Waals surface area contributed by atoms with Gasteiger partial charge in [-0.15, -0.1) is 0 Å². The lowest BCUT2D eigenvalue weighted by atomic mass is 10.2. The molecule has 0 atom stereocenters. The summed E-state index contributed by atoms with van der Waals surface area (Å²) in [6, 6.07) is 0. The van der Waals surface area contributed by atoms with Crippen LogP contribution in [0.5, 0.6) is 0 Å². The minimum Gasteiger partial charge on any atom is -0.303 e. The van der Waals surface area contributed by atoms with Crippen molar-refractivity contribution in [1.29, 1.82) is 0 Å². The number of unbranched alkanes of at least 4 members (excludes halogenated alkanes) is 3. The molecular formula is C13H31N. The summed E-state index contributed by atoms with van der Waals surface area (Å²) in [5.74, 6) is 0. The first-order valence-corrected chi connectivity index (χ1v) is 6.07. The van der Waals surface area contributed by atoms with Crippen molar-refractivity contribution in [2.45, 2.75) is 66.7 Å². The van der Waals surface area contributed by atoms with E-state index in [1.807, 2.05) is 0 Å². The van der Waals surface area contributed by atoms with Crippen LogP contribution in [-0.4, -0.2) is 24.5 Å². The largest absolute Gasteiger partial charge is 0.303 e. The molecule has 0 aliphatic carbocycles. The molecule has 0 amide bonds. The van der Waals surface area contributed by atoms with E-state index in [4.69, 9.17) is 0 Å². The first-order valence-electron chi connectivity index (χ1n) is 6.07. The van der Waals surface area contributed by atoms with Crippen LogP contribution in [0.1, 0.15) is 66.7 Å². The Bertz CT molecular complexity index is 72.2. The summed E-state index contributed by atoms with van der Waals surface area (Å²) in [5.41, 5.74) is 0. The predicted molar refractivity (Wildman–Crippen MR) is 67.9 cm³/mol. The van der Waals surface area contributed by atoms with Gasteiger partial charge in [-0.05, 0) is 38.9 Å². The van der Waals surface area contributed by atoms with Gasteiger partial charge in [0.15, 0.2) is 0 Å². The lowest BCUT2D eigenvalue weighted by molar-refractivity contribution is 0.261. The van der Waals surface area contributed by atoms with Crippen LogP contribution in [0.2, 0.25) is 0 Å². The van der Waals surface area contributed by atoms with Gasteiger partial charge in [-0.3, -0.25) is 0 Å². The summed E-state index contributed by atoms with van der Waals surface area (Å²) < 4.78 is 0. The van der Waals surface area contributed by atoms with E-state index in [0.29, 0.717) is 0 Å². The van der Waals surface area contributed by atoms with Gasteiger partial charge in [0.2, 0.25) is 0 Å². The minimum absolute atomic E-state index is 0. The van der Waals surface area contributed by atoms with Gasteiger partial charge in [0, 0.05) is 0 Å². The maximum Gasteiger partial charge on any atom is -0.00188 e. The highest BCUT2D eigenvalue weighted by molar-refractivity contribution is 4.57. The molecule has 14 heavy (non-hydrogen) atoms. The summed E-state index contributed by atoms with van der Waals surface area (Å²) >= 11 is 0. The third kappa shape index (κ3) is 10.0. The maximum absolute atomic E-state index is 2.64. The van der Waals surface area contributed by atoms with E-state index in [1.165, 1.54) is 58.2 Å². The van der Waals surface area contributed by atoms with Crippen LogP contribution in [0.3, 0.4) is 0 Å². The third-order valence-electron chi connectivity index (χ3n) is 2.48. The van der Waals surface area contributed by atoms with Crippen molar-refractivity contribution in [3.05, 3.63) is 0 Å². The molecule has 0 saturated carbocycles. The lowest BCUT2D eigenvalue weighted by Crippen LogP contribution is -2.27. The Morgan fingerprint density at radius 3 is 1.14 bits per heavy atom. The van der Waals surface area contributed by atoms with Crippen LogP contribution < -0.4 is 0 Å². The zero-order chi connectivity index (χ0) is 9.94. The maximum atomic E-state index is 2.64. The molecular weight excluding hydrogens is 170 g/mol. The highest BCUT2D eigenvalue weighted by Crippen LogP contribution is 2.01. The lowest BCUT2D eigenvalue weighted by Gasteiger charge is -2.21. The van der Waals surface area contributed by atoms with E-state index in [2.05, 4.69) is 25.7 Å². The Hall–Kier alpha value is -0.0400. The highest BCUT2D eigenvalue weighted by Gasteiger charge is 2.01. The van der Waals surface area contributed by atoms with Crippen molar-refractivity contribution >= 4 is 0 Å². The quantitative estimate of drug-likeness (QED) is 0.537. The number of hydrogen-bond acceptors (Lipinski definition) is 1. The third-order valence-corrected chi connectivity index (χ3v) is 2.48. The molecule has 0 fully saturated rings. The molecule has 0 saturated heterocycles.